The minimum Gasteiger partial charge on any atom is -0.334 e. The first-order chi connectivity index (χ1) is 12.8. The topological polar surface area (TPSA) is 76.3 Å². The van der Waals surface area contributed by atoms with E-state index in [9.17, 15) is 8.42 Å². The van der Waals surface area contributed by atoms with E-state index in [0.717, 1.165) is 5.56 Å². The molecule has 27 heavy (non-hydrogen) atoms. The first kappa shape index (κ1) is 19.8. The Kier molecular flexibility index (Phi) is 5.86. The molecule has 3 aromatic rings. The van der Waals surface area contributed by atoms with Crippen LogP contribution in [0.25, 0.3) is 11.5 Å². The van der Waals surface area contributed by atoms with Crippen LogP contribution in [0.4, 0.5) is 0 Å². The second-order valence-electron chi connectivity index (χ2n) is 5.96. The SMILES string of the molecule is Cc1c(Cl)cccc1S(=O)(=O)N(C)CCc1noc(-c2ccc(Cl)cc2)n1. The molecule has 0 spiro atoms. The van der Waals surface area contributed by atoms with Crippen LogP contribution < -0.4 is 0 Å². The molecule has 6 nitrogen and oxygen atoms in total. The third-order valence-corrected chi connectivity index (χ3v) is 6.78. The fourth-order valence-electron chi connectivity index (χ4n) is 2.48. The Morgan fingerprint density at radius 2 is 1.81 bits per heavy atom. The number of rotatable bonds is 6. The summed E-state index contributed by atoms with van der Waals surface area (Å²) in [4.78, 5) is 4.49. The standard InChI is InChI=1S/C18H17Cl2N3O3S/c1-12-15(20)4-3-5-16(12)27(24,25)23(2)11-10-17-21-18(26-22-17)13-6-8-14(19)9-7-13/h3-9H,10-11H2,1-2H3. The number of aromatic nitrogens is 2. The lowest BCUT2D eigenvalue weighted by atomic mass is 10.2. The van der Waals surface area contributed by atoms with Crippen molar-refractivity contribution in [3.63, 3.8) is 0 Å². The summed E-state index contributed by atoms with van der Waals surface area (Å²) in [6.45, 7) is 1.88. The molecule has 0 amide bonds. The smallest absolute Gasteiger partial charge is 0.257 e. The molecule has 2 aromatic carbocycles. The van der Waals surface area contributed by atoms with Crippen molar-refractivity contribution in [2.24, 2.45) is 0 Å². The molecule has 0 radical (unpaired) electrons. The van der Waals surface area contributed by atoms with Crippen molar-refractivity contribution < 1.29 is 12.9 Å². The zero-order valence-corrected chi connectivity index (χ0v) is 17.0. The van der Waals surface area contributed by atoms with Gasteiger partial charge in [-0.15, -0.1) is 0 Å². The minimum atomic E-state index is -3.66. The van der Waals surface area contributed by atoms with Gasteiger partial charge in [0.25, 0.3) is 5.89 Å². The lowest BCUT2D eigenvalue weighted by Crippen LogP contribution is -2.29. The first-order valence-corrected chi connectivity index (χ1v) is 10.3. The number of hydrogen-bond acceptors (Lipinski definition) is 5. The summed E-state index contributed by atoms with van der Waals surface area (Å²) in [6, 6.07) is 11.8. The highest BCUT2D eigenvalue weighted by Gasteiger charge is 2.24. The van der Waals surface area contributed by atoms with Crippen molar-refractivity contribution in [2.75, 3.05) is 13.6 Å². The van der Waals surface area contributed by atoms with Crippen LogP contribution in [0.5, 0.6) is 0 Å². The van der Waals surface area contributed by atoms with Gasteiger partial charge in [0.1, 0.15) is 0 Å². The van der Waals surface area contributed by atoms with Crippen molar-refractivity contribution in [3.05, 3.63) is 63.9 Å². The Morgan fingerprint density at radius 3 is 2.52 bits per heavy atom. The number of sulfonamides is 1. The number of benzene rings is 2. The highest BCUT2D eigenvalue weighted by atomic mass is 35.5. The zero-order valence-electron chi connectivity index (χ0n) is 14.7. The van der Waals surface area contributed by atoms with Crippen LogP contribution in [-0.4, -0.2) is 36.5 Å². The van der Waals surface area contributed by atoms with Crippen molar-refractivity contribution >= 4 is 33.2 Å². The fourth-order valence-corrected chi connectivity index (χ4v) is 4.25. The summed E-state index contributed by atoms with van der Waals surface area (Å²) in [5.74, 6) is 0.780. The third-order valence-electron chi connectivity index (χ3n) is 4.12. The van der Waals surface area contributed by atoms with E-state index in [-0.39, 0.29) is 11.4 Å². The first-order valence-electron chi connectivity index (χ1n) is 8.09. The van der Waals surface area contributed by atoms with E-state index in [4.69, 9.17) is 27.7 Å². The Hall–Kier alpha value is -1.93. The highest BCUT2D eigenvalue weighted by Crippen LogP contribution is 2.25. The van der Waals surface area contributed by atoms with Gasteiger partial charge in [-0.25, -0.2) is 12.7 Å². The quantitative estimate of drug-likeness (QED) is 0.590. The Bertz CT molecular complexity index is 1050. The molecule has 0 aliphatic heterocycles. The highest BCUT2D eigenvalue weighted by molar-refractivity contribution is 7.89. The molecule has 9 heteroatoms. The fraction of sp³-hybridized carbons (Fsp3) is 0.222. The van der Waals surface area contributed by atoms with Crippen LogP contribution in [0.1, 0.15) is 11.4 Å². The molecule has 0 aliphatic carbocycles. The van der Waals surface area contributed by atoms with Crippen LogP contribution in [0.2, 0.25) is 10.0 Å². The van der Waals surface area contributed by atoms with Gasteiger partial charge in [-0.2, -0.15) is 4.98 Å². The number of halogens is 2. The van der Waals surface area contributed by atoms with Crippen molar-refractivity contribution in [1.29, 1.82) is 0 Å². The second-order valence-corrected chi connectivity index (χ2v) is 8.82. The van der Waals surface area contributed by atoms with Gasteiger partial charge in [0.2, 0.25) is 10.0 Å². The summed E-state index contributed by atoms with van der Waals surface area (Å²) < 4.78 is 32.0. The number of nitrogens with zero attached hydrogens (tertiary/aromatic N) is 3. The van der Waals surface area contributed by atoms with Gasteiger partial charge in [0.05, 0.1) is 4.90 Å². The molecule has 1 heterocycles. The minimum absolute atomic E-state index is 0.187. The maximum Gasteiger partial charge on any atom is 0.257 e. The molecule has 142 valence electrons. The van der Waals surface area contributed by atoms with Gasteiger partial charge in [-0.3, -0.25) is 0 Å². The Labute approximate surface area is 167 Å². The van der Waals surface area contributed by atoms with E-state index >= 15 is 0 Å². The van der Waals surface area contributed by atoms with E-state index in [1.165, 1.54) is 11.4 Å². The van der Waals surface area contributed by atoms with E-state index in [0.29, 0.717) is 33.7 Å². The largest absolute Gasteiger partial charge is 0.334 e. The van der Waals surface area contributed by atoms with E-state index in [1.807, 2.05) is 0 Å². The van der Waals surface area contributed by atoms with Gasteiger partial charge in [0, 0.05) is 35.6 Å². The molecule has 0 aliphatic rings. The predicted octanol–water partition coefficient (Wildman–Crippen LogP) is 4.22. The van der Waals surface area contributed by atoms with Crippen molar-refractivity contribution in [1.82, 2.24) is 14.4 Å². The van der Waals surface area contributed by atoms with Crippen LogP contribution >= 0.6 is 23.2 Å². The molecule has 0 bridgehead atoms. The summed E-state index contributed by atoms with van der Waals surface area (Å²) in [7, 11) is -2.15. The predicted molar refractivity (Wildman–Crippen MR) is 104 cm³/mol. The number of hydrogen-bond donors (Lipinski definition) is 0. The summed E-state index contributed by atoms with van der Waals surface area (Å²) >= 11 is 11.9. The van der Waals surface area contributed by atoms with Crippen LogP contribution in [0.15, 0.2) is 51.9 Å². The van der Waals surface area contributed by atoms with Crippen LogP contribution in [0, 0.1) is 6.92 Å². The van der Waals surface area contributed by atoms with Crippen molar-refractivity contribution in [2.45, 2.75) is 18.2 Å². The zero-order chi connectivity index (χ0) is 19.6. The van der Waals surface area contributed by atoms with E-state index < -0.39 is 10.0 Å². The molecule has 0 atom stereocenters. The summed E-state index contributed by atoms with van der Waals surface area (Å²) in [5.41, 5.74) is 1.27. The van der Waals surface area contributed by atoms with Crippen LogP contribution in [0.3, 0.4) is 0 Å². The Balaban J connectivity index is 1.71. The molecular formula is C18H17Cl2N3O3S. The maximum atomic E-state index is 12.8. The van der Waals surface area contributed by atoms with Crippen LogP contribution in [-0.2, 0) is 16.4 Å². The van der Waals surface area contributed by atoms with Gasteiger partial charge in [-0.05, 0) is 48.9 Å². The maximum absolute atomic E-state index is 12.8. The third kappa shape index (κ3) is 4.32. The average Bonchev–Trinajstić information content (AvgIpc) is 3.11. The van der Waals surface area contributed by atoms with Gasteiger partial charge in [-0.1, -0.05) is 34.4 Å². The van der Waals surface area contributed by atoms with Gasteiger partial charge < -0.3 is 4.52 Å². The normalized spacial score (nSPS) is 11.9. The molecular weight excluding hydrogens is 409 g/mol. The molecule has 0 fully saturated rings. The van der Waals surface area contributed by atoms with E-state index in [2.05, 4.69) is 10.1 Å². The lowest BCUT2D eigenvalue weighted by molar-refractivity contribution is 0.415. The number of likely N-dealkylation sites (N-methyl/N-ethyl adjacent to an activating group) is 1. The monoisotopic (exact) mass is 425 g/mol. The van der Waals surface area contributed by atoms with Gasteiger partial charge in [0.15, 0.2) is 5.82 Å². The van der Waals surface area contributed by atoms with E-state index in [1.54, 1.807) is 49.4 Å². The molecule has 0 saturated carbocycles. The molecule has 0 N–H and O–H groups in total. The molecule has 1 aromatic heterocycles. The molecule has 0 unspecified atom stereocenters. The second kappa shape index (κ2) is 7.98. The molecule has 3 rings (SSSR count). The van der Waals surface area contributed by atoms with Crippen molar-refractivity contribution in [3.8, 4) is 11.5 Å². The molecule has 0 saturated heterocycles. The van der Waals surface area contributed by atoms with Gasteiger partial charge >= 0.3 is 0 Å². The Morgan fingerprint density at radius 1 is 1.11 bits per heavy atom. The summed E-state index contributed by atoms with van der Waals surface area (Å²) in [6.07, 6.45) is 0.312. The average molecular weight is 426 g/mol. The lowest BCUT2D eigenvalue weighted by Gasteiger charge is -2.18. The summed E-state index contributed by atoms with van der Waals surface area (Å²) in [5, 5.41) is 4.94.